The number of hydrogen-bond donors (Lipinski definition) is 0. The molecular formula is C16H20ClN3O2. The summed E-state index contributed by atoms with van der Waals surface area (Å²) in [6.07, 6.45) is 3.51. The van der Waals surface area contributed by atoms with Gasteiger partial charge in [-0.2, -0.15) is 5.10 Å². The average Bonchev–Trinajstić information content (AvgIpc) is 3.01. The van der Waals surface area contributed by atoms with Gasteiger partial charge in [0.05, 0.1) is 25.5 Å². The standard InChI is InChI=1S/C16H20ClN3O2/c1-4-19-11-14(9-18-19)20(16(21)8-17)10-13-6-5-12(2)7-15(13)22-3/h5-7,9,11H,4,8,10H2,1-3H3. The first-order valence-corrected chi connectivity index (χ1v) is 7.64. The Labute approximate surface area is 135 Å². The molecule has 0 N–H and O–H groups in total. The van der Waals surface area contributed by atoms with Crippen LogP contribution in [0.1, 0.15) is 18.1 Å². The number of hydrogen-bond acceptors (Lipinski definition) is 3. The van der Waals surface area contributed by atoms with Gasteiger partial charge >= 0.3 is 0 Å². The van der Waals surface area contributed by atoms with Gasteiger partial charge in [0.15, 0.2) is 0 Å². The second kappa shape index (κ2) is 7.31. The number of carbonyl (C=O) groups is 1. The quantitative estimate of drug-likeness (QED) is 0.768. The van der Waals surface area contributed by atoms with Gasteiger partial charge in [0.25, 0.3) is 0 Å². The summed E-state index contributed by atoms with van der Waals surface area (Å²) < 4.78 is 7.18. The van der Waals surface area contributed by atoms with E-state index in [4.69, 9.17) is 16.3 Å². The van der Waals surface area contributed by atoms with Crippen LogP contribution < -0.4 is 9.64 Å². The summed E-state index contributed by atoms with van der Waals surface area (Å²) >= 11 is 5.75. The van der Waals surface area contributed by atoms with E-state index in [1.54, 1.807) is 22.9 Å². The molecule has 1 heterocycles. The lowest BCUT2D eigenvalue weighted by Crippen LogP contribution is -2.31. The van der Waals surface area contributed by atoms with Crippen molar-refractivity contribution in [3.8, 4) is 5.75 Å². The smallest absolute Gasteiger partial charge is 0.242 e. The van der Waals surface area contributed by atoms with Crippen molar-refractivity contribution in [2.75, 3.05) is 17.9 Å². The molecule has 0 aliphatic carbocycles. The van der Waals surface area contributed by atoms with Gasteiger partial charge in [-0.1, -0.05) is 12.1 Å². The number of benzene rings is 1. The van der Waals surface area contributed by atoms with E-state index < -0.39 is 0 Å². The zero-order valence-electron chi connectivity index (χ0n) is 13.0. The number of ether oxygens (including phenoxy) is 1. The first-order chi connectivity index (χ1) is 10.6. The maximum absolute atomic E-state index is 12.2. The topological polar surface area (TPSA) is 47.4 Å². The first kappa shape index (κ1) is 16.4. The maximum atomic E-state index is 12.2. The molecule has 0 spiro atoms. The lowest BCUT2D eigenvalue weighted by molar-refractivity contribution is -0.116. The SMILES string of the molecule is CCn1cc(N(Cc2ccc(C)cc2OC)C(=O)CCl)cn1. The Balaban J connectivity index is 2.33. The minimum absolute atomic E-state index is 0.0779. The Morgan fingerprint density at radius 3 is 2.82 bits per heavy atom. The lowest BCUT2D eigenvalue weighted by Gasteiger charge is -2.21. The number of anilines is 1. The van der Waals surface area contributed by atoms with Crippen LogP contribution in [-0.4, -0.2) is 28.7 Å². The minimum atomic E-state index is -0.167. The number of amides is 1. The molecule has 0 saturated heterocycles. The zero-order valence-corrected chi connectivity index (χ0v) is 13.8. The third-order valence-corrected chi connectivity index (χ3v) is 3.67. The maximum Gasteiger partial charge on any atom is 0.242 e. The van der Waals surface area contributed by atoms with Crippen LogP contribution in [0.2, 0.25) is 0 Å². The Morgan fingerprint density at radius 1 is 1.45 bits per heavy atom. The molecular weight excluding hydrogens is 302 g/mol. The molecule has 1 amide bonds. The van der Waals surface area contributed by atoms with Crippen LogP contribution >= 0.6 is 11.6 Å². The number of aryl methyl sites for hydroxylation is 2. The van der Waals surface area contributed by atoms with Crippen LogP contribution in [0.4, 0.5) is 5.69 Å². The molecule has 0 aliphatic rings. The third-order valence-electron chi connectivity index (χ3n) is 3.44. The van der Waals surface area contributed by atoms with Crippen LogP contribution in [0.25, 0.3) is 0 Å². The Hall–Kier alpha value is -2.01. The van der Waals surface area contributed by atoms with E-state index >= 15 is 0 Å². The van der Waals surface area contributed by atoms with Gasteiger partial charge in [0.1, 0.15) is 11.6 Å². The molecule has 1 aromatic heterocycles. The van der Waals surface area contributed by atoms with Crippen molar-refractivity contribution in [2.45, 2.75) is 26.9 Å². The van der Waals surface area contributed by atoms with Gasteiger partial charge in [-0.3, -0.25) is 9.48 Å². The Bertz CT molecular complexity index is 655. The molecule has 0 fully saturated rings. The molecule has 5 nitrogen and oxygen atoms in total. The number of aromatic nitrogens is 2. The van der Waals surface area contributed by atoms with E-state index in [0.29, 0.717) is 6.54 Å². The van der Waals surface area contributed by atoms with Crippen molar-refractivity contribution in [1.82, 2.24) is 9.78 Å². The molecule has 0 atom stereocenters. The van der Waals surface area contributed by atoms with Gasteiger partial charge in [0.2, 0.25) is 5.91 Å². The fraction of sp³-hybridized carbons (Fsp3) is 0.375. The molecule has 0 unspecified atom stereocenters. The van der Waals surface area contributed by atoms with Crippen LogP contribution in [0, 0.1) is 6.92 Å². The largest absolute Gasteiger partial charge is 0.496 e. The van der Waals surface area contributed by atoms with Gasteiger partial charge in [-0.25, -0.2) is 0 Å². The molecule has 0 saturated carbocycles. The lowest BCUT2D eigenvalue weighted by atomic mass is 10.1. The van der Waals surface area contributed by atoms with Crippen molar-refractivity contribution in [1.29, 1.82) is 0 Å². The molecule has 1 aromatic carbocycles. The second-order valence-corrected chi connectivity index (χ2v) is 5.25. The average molecular weight is 322 g/mol. The molecule has 0 bridgehead atoms. The van der Waals surface area contributed by atoms with E-state index in [1.165, 1.54) is 0 Å². The van der Waals surface area contributed by atoms with Gasteiger partial charge in [0, 0.05) is 18.3 Å². The summed E-state index contributed by atoms with van der Waals surface area (Å²) in [7, 11) is 1.63. The first-order valence-electron chi connectivity index (χ1n) is 7.11. The molecule has 2 aromatic rings. The van der Waals surface area contributed by atoms with Crippen LogP contribution in [0.3, 0.4) is 0 Å². The highest BCUT2D eigenvalue weighted by molar-refractivity contribution is 6.29. The van der Waals surface area contributed by atoms with Crippen molar-refractivity contribution in [3.63, 3.8) is 0 Å². The summed E-state index contributed by atoms with van der Waals surface area (Å²) in [5.74, 6) is 0.515. The van der Waals surface area contributed by atoms with E-state index in [-0.39, 0.29) is 11.8 Å². The highest BCUT2D eigenvalue weighted by atomic mass is 35.5. The van der Waals surface area contributed by atoms with Gasteiger partial charge in [-0.15, -0.1) is 11.6 Å². The molecule has 6 heteroatoms. The summed E-state index contributed by atoms with van der Waals surface area (Å²) in [6, 6.07) is 5.91. The fourth-order valence-electron chi connectivity index (χ4n) is 2.21. The normalized spacial score (nSPS) is 10.5. The highest BCUT2D eigenvalue weighted by Crippen LogP contribution is 2.24. The number of methoxy groups -OCH3 is 1. The molecule has 22 heavy (non-hydrogen) atoms. The van der Waals surface area contributed by atoms with E-state index in [1.807, 2.05) is 38.2 Å². The Morgan fingerprint density at radius 2 is 2.23 bits per heavy atom. The molecule has 118 valence electrons. The number of alkyl halides is 1. The van der Waals surface area contributed by atoms with Crippen LogP contribution in [0.15, 0.2) is 30.6 Å². The monoisotopic (exact) mass is 321 g/mol. The number of rotatable bonds is 6. The van der Waals surface area contributed by atoms with Crippen LogP contribution in [0.5, 0.6) is 5.75 Å². The predicted molar refractivity (Wildman–Crippen MR) is 87.5 cm³/mol. The molecule has 0 radical (unpaired) electrons. The molecule has 0 aliphatic heterocycles. The summed E-state index contributed by atoms with van der Waals surface area (Å²) in [5, 5.41) is 4.22. The summed E-state index contributed by atoms with van der Waals surface area (Å²) in [4.78, 5) is 13.8. The Kier molecular flexibility index (Phi) is 5.44. The second-order valence-electron chi connectivity index (χ2n) is 4.98. The predicted octanol–water partition coefficient (Wildman–Crippen LogP) is 2.99. The van der Waals surface area contributed by atoms with E-state index in [2.05, 4.69) is 5.10 Å². The summed E-state index contributed by atoms with van der Waals surface area (Å²) in [5.41, 5.74) is 2.76. The fourth-order valence-corrected chi connectivity index (χ4v) is 2.36. The van der Waals surface area contributed by atoms with Crippen molar-refractivity contribution >= 4 is 23.2 Å². The van der Waals surface area contributed by atoms with Crippen molar-refractivity contribution in [2.24, 2.45) is 0 Å². The molecule has 2 rings (SSSR count). The van der Waals surface area contributed by atoms with Crippen LogP contribution in [-0.2, 0) is 17.9 Å². The number of carbonyl (C=O) groups excluding carboxylic acids is 1. The van der Waals surface area contributed by atoms with Gasteiger partial charge < -0.3 is 9.64 Å². The van der Waals surface area contributed by atoms with E-state index in [0.717, 1.165) is 29.1 Å². The zero-order chi connectivity index (χ0) is 16.1. The number of halogens is 1. The van der Waals surface area contributed by atoms with Crippen molar-refractivity contribution in [3.05, 3.63) is 41.7 Å². The number of nitrogens with zero attached hydrogens (tertiary/aromatic N) is 3. The minimum Gasteiger partial charge on any atom is -0.496 e. The highest BCUT2D eigenvalue weighted by Gasteiger charge is 2.18. The van der Waals surface area contributed by atoms with Gasteiger partial charge in [-0.05, 0) is 25.5 Å². The summed E-state index contributed by atoms with van der Waals surface area (Å²) in [6.45, 7) is 5.13. The van der Waals surface area contributed by atoms with Crippen molar-refractivity contribution < 1.29 is 9.53 Å². The third kappa shape index (κ3) is 3.60. The van der Waals surface area contributed by atoms with E-state index in [9.17, 15) is 4.79 Å².